The van der Waals surface area contributed by atoms with Gasteiger partial charge in [0.2, 0.25) is 10.0 Å². The molecule has 102 valence electrons. The van der Waals surface area contributed by atoms with Crippen molar-refractivity contribution in [1.29, 1.82) is 0 Å². The summed E-state index contributed by atoms with van der Waals surface area (Å²) in [6.45, 7) is 4.75. The largest absolute Gasteiger partial charge is 0.363 e. The van der Waals surface area contributed by atoms with Crippen LogP contribution in [0.4, 0.5) is 0 Å². The van der Waals surface area contributed by atoms with Crippen molar-refractivity contribution in [3.05, 3.63) is 18.0 Å². The Balaban J connectivity index is 2.25. The van der Waals surface area contributed by atoms with Crippen LogP contribution >= 0.6 is 11.6 Å². The van der Waals surface area contributed by atoms with Gasteiger partial charge in [0.05, 0.1) is 10.8 Å². The number of piperidine rings is 1. The lowest BCUT2D eigenvalue weighted by Crippen LogP contribution is -2.43. The van der Waals surface area contributed by atoms with Crippen LogP contribution in [0.2, 0.25) is 0 Å². The number of hydrogen-bond acceptors (Lipinski definition) is 2. The molecule has 0 spiro atoms. The molecule has 0 amide bonds. The van der Waals surface area contributed by atoms with Gasteiger partial charge >= 0.3 is 0 Å². The van der Waals surface area contributed by atoms with Crippen LogP contribution in [0.3, 0.4) is 0 Å². The molecule has 0 aromatic carbocycles. The standard InChI is InChI=1S/C12H19ClN2O2S/c1-9-3-4-15(10(2)5-9)18(16,17)12-6-11(7-13)14-8-12/h6,8-10,14H,3-5,7H2,1-2H3. The minimum atomic E-state index is -3.38. The summed E-state index contributed by atoms with van der Waals surface area (Å²) in [4.78, 5) is 3.21. The molecule has 1 aliphatic heterocycles. The Kier molecular flexibility index (Phi) is 4.04. The van der Waals surface area contributed by atoms with E-state index in [1.807, 2.05) is 6.92 Å². The van der Waals surface area contributed by atoms with Crippen molar-refractivity contribution in [1.82, 2.24) is 9.29 Å². The summed E-state index contributed by atoms with van der Waals surface area (Å²) >= 11 is 5.68. The number of alkyl halides is 1. The summed E-state index contributed by atoms with van der Waals surface area (Å²) in [6.07, 6.45) is 3.38. The first-order valence-electron chi connectivity index (χ1n) is 6.20. The van der Waals surface area contributed by atoms with E-state index in [0.717, 1.165) is 18.5 Å². The fourth-order valence-corrected chi connectivity index (χ4v) is 4.35. The van der Waals surface area contributed by atoms with Crippen molar-refractivity contribution in [2.24, 2.45) is 5.92 Å². The van der Waals surface area contributed by atoms with Gasteiger partial charge in [-0.3, -0.25) is 0 Å². The maximum absolute atomic E-state index is 12.5. The fourth-order valence-electron chi connectivity index (χ4n) is 2.52. The Labute approximate surface area is 113 Å². The highest BCUT2D eigenvalue weighted by Crippen LogP contribution is 2.28. The second kappa shape index (κ2) is 5.23. The molecule has 1 aliphatic rings. The van der Waals surface area contributed by atoms with E-state index in [2.05, 4.69) is 11.9 Å². The van der Waals surface area contributed by atoms with E-state index >= 15 is 0 Å². The third-order valence-electron chi connectivity index (χ3n) is 3.54. The summed E-state index contributed by atoms with van der Waals surface area (Å²) in [6, 6.07) is 1.68. The molecule has 1 N–H and O–H groups in total. The second-order valence-electron chi connectivity index (χ2n) is 5.09. The zero-order valence-corrected chi connectivity index (χ0v) is 12.3. The minimum absolute atomic E-state index is 0.0631. The van der Waals surface area contributed by atoms with E-state index in [0.29, 0.717) is 23.2 Å². The van der Waals surface area contributed by atoms with Crippen LogP contribution in [0, 0.1) is 5.92 Å². The fraction of sp³-hybridized carbons (Fsp3) is 0.667. The lowest BCUT2D eigenvalue weighted by molar-refractivity contribution is 0.220. The molecule has 2 heterocycles. The predicted octanol–water partition coefficient (Wildman–Crippen LogP) is 2.56. The normalized spacial score (nSPS) is 26.4. The van der Waals surface area contributed by atoms with E-state index in [4.69, 9.17) is 11.6 Å². The summed E-state index contributed by atoms with van der Waals surface area (Å²) in [5.41, 5.74) is 0.730. The SMILES string of the molecule is CC1CCN(S(=O)(=O)c2c[nH]c(CCl)c2)C(C)C1. The van der Waals surface area contributed by atoms with E-state index in [-0.39, 0.29) is 6.04 Å². The van der Waals surface area contributed by atoms with Gasteiger partial charge in [0.1, 0.15) is 0 Å². The average molecular weight is 291 g/mol. The van der Waals surface area contributed by atoms with E-state index in [9.17, 15) is 8.42 Å². The zero-order valence-electron chi connectivity index (χ0n) is 10.7. The van der Waals surface area contributed by atoms with Crippen molar-refractivity contribution in [3.8, 4) is 0 Å². The lowest BCUT2D eigenvalue weighted by Gasteiger charge is -2.35. The Morgan fingerprint density at radius 2 is 2.22 bits per heavy atom. The highest BCUT2D eigenvalue weighted by molar-refractivity contribution is 7.89. The number of aromatic amines is 1. The Morgan fingerprint density at radius 1 is 1.50 bits per heavy atom. The van der Waals surface area contributed by atoms with Crippen molar-refractivity contribution in [3.63, 3.8) is 0 Å². The summed E-state index contributed by atoms with van der Waals surface area (Å²) in [5, 5.41) is 0. The average Bonchev–Trinajstić information content (AvgIpc) is 2.77. The molecule has 2 atom stereocenters. The number of nitrogens with one attached hydrogen (secondary N) is 1. The van der Waals surface area contributed by atoms with E-state index in [1.54, 1.807) is 10.4 Å². The number of aromatic nitrogens is 1. The van der Waals surface area contributed by atoms with Crippen molar-refractivity contribution >= 4 is 21.6 Å². The van der Waals surface area contributed by atoms with Crippen molar-refractivity contribution < 1.29 is 8.42 Å². The molecule has 1 fully saturated rings. The van der Waals surface area contributed by atoms with Gasteiger partial charge in [0.25, 0.3) is 0 Å². The molecule has 0 bridgehead atoms. The van der Waals surface area contributed by atoms with Crippen molar-refractivity contribution in [2.75, 3.05) is 6.54 Å². The first-order chi connectivity index (χ1) is 8.45. The van der Waals surface area contributed by atoms with Gasteiger partial charge in [0.15, 0.2) is 0 Å². The molecule has 2 unspecified atom stereocenters. The Morgan fingerprint density at radius 3 is 2.78 bits per heavy atom. The van der Waals surface area contributed by atoms with Crippen LogP contribution in [-0.4, -0.2) is 30.3 Å². The quantitative estimate of drug-likeness (QED) is 0.870. The van der Waals surface area contributed by atoms with Crippen LogP contribution < -0.4 is 0 Å². The van der Waals surface area contributed by atoms with E-state index < -0.39 is 10.0 Å². The molecule has 6 heteroatoms. The Bertz CT molecular complexity index is 512. The number of nitrogens with zero attached hydrogens (tertiary/aromatic N) is 1. The molecular weight excluding hydrogens is 272 g/mol. The highest BCUT2D eigenvalue weighted by atomic mass is 35.5. The molecule has 18 heavy (non-hydrogen) atoms. The third-order valence-corrected chi connectivity index (χ3v) is 5.82. The molecule has 4 nitrogen and oxygen atoms in total. The van der Waals surface area contributed by atoms with Crippen LogP contribution in [0.15, 0.2) is 17.2 Å². The first-order valence-corrected chi connectivity index (χ1v) is 8.17. The van der Waals surface area contributed by atoms with Gasteiger partial charge < -0.3 is 4.98 Å². The van der Waals surface area contributed by atoms with Gasteiger partial charge in [0, 0.05) is 24.5 Å². The van der Waals surface area contributed by atoms with Crippen molar-refractivity contribution in [2.45, 2.75) is 43.5 Å². The molecule has 1 aromatic heterocycles. The Hall–Kier alpha value is -0.520. The number of hydrogen-bond donors (Lipinski definition) is 1. The van der Waals surface area contributed by atoms with Crippen LogP contribution in [-0.2, 0) is 15.9 Å². The maximum atomic E-state index is 12.5. The van der Waals surface area contributed by atoms with Gasteiger partial charge in [-0.25, -0.2) is 8.42 Å². The number of H-pyrrole nitrogens is 1. The summed E-state index contributed by atoms with van der Waals surface area (Å²) < 4.78 is 26.6. The van der Waals surface area contributed by atoms with Crippen LogP contribution in [0.25, 0.3) is 0 Å². The number of sulfonamides is 1. The summed E-state index contributed by atoms with van der Waals surface area (Å²) in [5.74, 6) is 0.887. The monoisotopic (exact) mass is 290 g/mol. The lowest BCUT2D eigenvalue weighted by atomic mass is 9.95. The minimum Gasteiger partial charge on any atom is -0.363 e. The topological polar surface area (TPSA) is 53.2 Å². The maximum Gasteiger partial charge on any atom is 0.244 e. The smallest absolute Gasteiger partial charge is 0.244 e. The predicted molar refractivity (Wildman–Crippen MR) is 72.1 cm³/mol. The zero-order chi connectivity index (χ0) is 13.3. The number of rotatable bonds is 3. The molecule has 1 saturated heterocycles. The molecule has 1 aromatic rings. The molecular formula is C12H19ClN2O2S. The van der Waals surface area contributed by atoms with Gasteiger partial charge in [-0.2, -0.15) is 4.31 Å². The van der Waals surface area contributed by atoms with E-state index in [1.165, 1.54) is 6.20 Å². The third kappa shape index (κ3) is 2.58. The van der Waals surface area contributed by atoms with Crippen LogP contribution in [0.5, 0.6) is 0 Å². The molecule has 0 saturated carbocycles. The first kappa shape index (κ1) is 13.9. The second-order valence-corrected chi connectivity index (χ2v) is 7.25. The van der Waals surface area contributed by atoms with Gasteiger partial charge in [-0.1, -0.05) is 6.92 Å². The molecule has 2 rings (SSSR count). The van der Waals surface area contributed by atoms with Gasteiger partial charge in [-0.05, 0) is 31.7 Å². The number of halogens is 1. The highest BCUT2D eigenvalue weighted by Gasteiger charge is 2.33. The van der Waals surface area contributed by atoms with Gasteiger partial charge in [-0.15, -0.1) is 11.6 Å². The van der Waals surface area contributed by atoms with Crippen LogP contribution in [0.1, 0.15) is 32.4 Å². The molecule has 0 aliphatic carbocycles. The summed E-state index contributed by atoms with van der Waals surface area (Å²) in [7, 11) is -3.38. The molecule has 0 radical (unpaired) electrons.